The van der Waals surface area contributed by atoms with Crippen LogP contribution in [-0.4, -0.2) is 26.4 Å². The third kappa shape index (κ3) is 2.50. The van der Waals surface area contributed by atoms with Crippen molar-refractivity contribution in [3.05, 3.63) is 36.2 Å². The summed E-state index contributed by atoms with van der Waals surface area (Å²) >= 11 is 1.66. The van der Waals surface area contributed by atoms with Crippen molar-refractivity contribution in [3.8, 4) is 5.69 Å². The van der Waals surface area contributed by atoms with Gasteiger partial charge in [-0.25, -0.2) is 4.68 Å². The van der Waals surface area contributed by atoms with E-state index in [4.69, 9.17) is 0 Å². The molecule has 1 aromatic carbocycles. The van der Waals surface area contributed by atoms with Crippen molar-refractivity contribution < 1.29 is 5.11 Å². The Kier molecular flexibility index (Phi) is 3.22. The van der Waals surface area contributed by atoms with Gasteiger partial charge in [0.1, 0.15) is 11.3 Å². The van der Waals surface area contributed by atoms with E-state index in [-0.39, 0.29) is 0 Å². The van der Waals surface area contributed by atoms with Crippen LogP contribution in [0.1, 0.15) is 19.5 Å². The molecular formula is C12H15N3OS. The summed E-state index contributed by atoms with van der Waals surface area (Å²) in [6, 6.07) is 7.96. The third-order valence-electron chi connectivity index (χ3n) is 2.45. The average molecular weight is 249 g/mol. The van der Waals surface area contributed by atoms with E-state index in [2.05, 4.69) is 10.3 Å². The van der Waals surface area contributed by atoms with E-state index in [9.17, 15) is 5.11 Å². The van der Waals surface area contributed by atoms with Crippen LogP contribution in [0, 0.1) is 0 Å². The molecule has 0 fully saturated rings. The van der Waals surface area contributed by atoms with Crippen molar-refractivity contribution in [3.63, 3.8) is 0 Å². The van der Waals surface area contributed by atoms with Crippen LogP contribution in [0.4, 0.5) is 0 Å². The van der Waals surface area contributed by atoms with Gasteiger partial charge in [0.05, 0.1) is 11.9 Å². The Bertz CT molecular complexity index is 516. The molecule has 0 unspecified atom stereocenters. The highest BCUT2D eigenvalue weighted by atomic mass is 32.2. The van der Waals surface area contributed by atoms with Crippen molar-refractivity contribution in [2.45, 2.75) is 24.3 Å². The maximum Gasteiger partial charge on any atom is 0.114 e. The zero-order chi connectivity index (χ0) is 12.5. The lowest BCUT2D eigenvalue weighted by molar-refractivity contribution is 0.0737. The fraction of sp³-hybridized carbons (Fsp3) is 0.333. The molecule has 0 aliphatic rings. The van der Waals surface area contributed by atoms with Crippen LogP contribution < -0.4 is 0 Å². The number of thioether (sulfide) groups is 1. The summed E-state index contributed by atoms with van der Waals surface area (Å²) in [4.78, 5) is 1.12. The predicted octanol–water partition coefficient (Wildman–Crippen LogP) is 2.22. The van der Waals surface area contributed by atoms with Gasteiger partial charge in [-0.2, -0.15) is 0 Å². The molecule has 4 nitrogen and oxygen atoms in total. The number of hydrogen-bond acceptors (Lipinski definition) is 4. The average Bonchev–Trinajstić information content (AvgIpc) is 2.77. The minimum atomic E-state index is -0.966. The molecule has 0 aliphatic carbocycles. The van der Waals surface area contributed by atoms with Crippen molar-refractivity contribution in [1.29, 1.82) is 0 Å². The van der Waals surface area contributed by atoms with Gasteiger partial charge in [0.2, 0.25) is 0 Å². The Balaban J connectivity index is 2.44. The van der Waals surface area contributed by atoms with Crippen LogP contribution in [0.2, 0.25) is 0 Å². The second kappa shape index (κ2) is 4.50. The number of aliphatic hydroxyl groups is 1. The number of nitrogens with zero attached hydrogens (tertiary/aromatic N) is 3. The largest absolute Gasteiger partial charge is 0.384 e. The summed E-state index contributed by atoms with van der Waals surface area (Å²) in [6.45, 7) is 3.39. The molecule has 0 atom stereocenters. The normalized spacial score (nSPS) is 11.8. The fourth-order valence-electron chi connectivity index (χ4n) is 1.48. The number of rotatable bonds is 3. The van der Waals surface area contributed by atoms with Crippen molar-refractivity contribution in [2.24, 2.45) is 0 Å². The molecule has 90 valence electrons. The molecular weight excluding hydrogens is 234 g/mol. The maximum absolute atomic E-state index is 9.85. The van der Waals surface area contributed by atoms with Crippen molar-refractivity contribution in [1.82, 2.24) is 15.0 Å². The molecule has 0 spiro atoms. The van der Waals surface area contributed by atoms with Crippen LogP contribution in [-0.2, 0) is 5.60 Å². The van der Waals surface area contributed by atoms with Gasteiger partial charge < -0.3 is 5.11 Å². The lowest BCUT2D eigenvalue weighted by atomic mass is 10.1. The Morgan fingerprint density at radius 1 is 1.29 bits per heavy atom. The second-order valence-electron chi connectivity index (χ2n) is 4.28. The molecule has 0 aliphatic heterocycles. The van der Waals surface area contributed by atoms with Crippen LogP contribution in [0.5, 0.6) is 0 Å². The van der Waals surface area contributed by atoms with Gasteiger partial charge in [-0.3, -0.25) is 0 Å². The SMILES string of the molecule is CSc1ccccc1-n1cc(C(C)(C)O)nn1. The molecule has 2 rings (SSSR count). The first kappa shape index (κ1) is 12.1. The fourth-order valence-corrected chi connectivity index (χ4v) is 2.07. The Morgan fingerprint density at radius 2 is 2.00 bits per heavy atom. The van der Waals surface area contributed by atoms with Crippen LogP contribution in [0.15, 0.2) is 35.4 Å². The van der Waals surface area contributed by atoms with Gasteiger partial charge in [-0.15, -0.1) is 16.9 Å². The number of aromatic nitrogens is 3. The molecule has 2 aromatic rings. The number of benzene rings is 1. The second-order valence-corrected chi connectivity index (χ2v) is 5.13. The van der Waals surface area contributed by atoms with E-state index in [1.54, 1.807) is 36.5 Å². The molecule has 1 heterocycles. The van der Waals surface area contributed by atoms with Crippen LogP contribution >= 0.6 is 11.8 Å². The van der Waals surface area contributed by atoms with Crippen molar-refractivity contribution >= 4 is 11.8 Å². The van der Waals surface area contributed by atoms with Gasteiger partial charge in [0.15, 0.2) is 0 Å². The smallest absolute Gasteiger partial charge is 0.114 e. The standard InChI is InChI=1S/C12H15N3OS/c1-12(2,16)11-8-15(14-13-11)9-6-4-5-7-10(9)17-3/h4-8,16H,1-3H3. The first-order chi connectivity index (χ1) is 8.02. The Morgan fingerprint density at radius 3 is 2.59 bits per heavy atom. The Labute approximate surface area is 105 Å². The summed E-state index contributed by atoms with van der Waals surface area (Å²) < 4.78 is 1.69. The molecule has 0 saturated carbocycles. The third-order valence-corrected chi connectivity index (χ3v) is 3.24. The highest BCUT2D eigenvalue weighted by Crippen LogP contribution is 2.24. The molecule has 0 radical (unpaired) electrons. The highest BCUT2D eigenvalue weighted by molar-refractivity contribution is 7.98. The zero-order valence-electron chi connectivity index (χ0n) is 10.1. The number of hydrogen-bond donors (Lipinski definition) is 1. The first-order valence-corrected chi connectivity index (χ1v) is 6.53. The van der Waals surface area contributed by atoms with E-state index in [1.807, 2.05) is 30.5 Å². The first-order valence-electron chi connectivity index (χ1n) is 5.31. The molecule has 5 heteroatoms. The minimum Gasteiger partial charge on any atom is -0.384 e. The van der Waals surface area contributed by atoms with Gasteiger partial charge in [-0.05, 0) is 32.2 Å². The predicted molar refractivity (Wildman–Crippen MR) is 68.4 cm³/mol. The van der Waals surface area contributed by atoms with Crippen LogP contribution in [0.3, 0.4) is 0 Å². The van der Waals surface area contributed by atoms with Gasteiger partial charge >= 0.3 is 0 Å². The van der Waals surface area contributed by atoms with E-state index in [0.717, 1.165) is 10.6 Å². The van der Waals surface area contributed by atoms with E-state index < -0.39 is 5.60 Å². The van der Waals surface area contributed by atoms with Gasteiger partial charge in [-0.1, -0.05) is 17.3 Å². The van der Waals surface area contributed by atoms with E-state index in [0.29, 0.717) is 5.69 Å². The van der Waals surface area contributed by atoms with Gasteiger partial charge in [0, 0.05) is 4.90 Å². The number of para-hydroxylation sites is 1. The quantitative estimate of drug-likeness (QED) is 0.847. The summed E-state index contributed by atoms with van der Waals surface area (Å²) in [5, 5.41) is 17.9. The van der Waals surface area contributed by atoms with E-state index >= 15 is 0 Å². The summed E-state index contributed by atoms with van der Waals surface area (Å²) in [5.41, 5.74) is 0.573. The molecule has 1 aromatic heterocycles. The van der Waals surface area contributed by atoms with E-state index in [1.165, 1.54) is 0 Å². The molecule has 1 N–H and O–H groups in total. The lowest BCUT2D eigenvalue weighted by Gasteiger charge is -2.12. The minimum absolute atomic E-state index is 0.563. The summed E-state index contributed by atoms with van der Waals surface area (Å²) in [5.74, 6) is 0. The molecule has 0 amide bonds. The van der Waals surface area contributed by atoms with Gasteiger partial charge in [0.25, 0.3) is 0 Å². The molecule has 17 heavy (non-hydrogen) atoms. The van der Waals surface area contributed by atoms with Crippen LogP contribution in [0.25, 0.3) is 5.69 Å². The summed E-state index contributed by atoms with van der Waals surface area (Å²) in [7, 11) is 0. The molecule has 0 saturated heterocycles. The maximum atomic E-state index is 9.85. The molecule has 0 bridgehead atoms. The topological polar surface area (TPSA) is 50.9 Å². The monoisotopic (exact) mass is 249 g/mol. The lowest BCUT2D eigenvalue weighted by Crippen LogP contribution is -2.15. The summed E-state index contributed by atoms with van der Waals surface area (Å²) in [6.07, 6.45) is 3.78. The highest BCUT2D eigenvalue weighted by Gasteiger charge is 2.20. The Hall–Kier alpha value is -1.33. The zero-order valence-corrected chi connectivity index (χ0v) is 10.9. The van der Waals surface area contributed by atoms with Crippen molar-refractivity contribution in [2.75, 3.05) is 6.26 Å².